The van der Waals surface area contributed by atoms with Crippen molar-refractivity contribution >= 4 is 17.5 Å². The van der Waals surface area contributed by atoms with E-state index in [2.05, 4.69) is 0 Å². The fraction of sp³-hybridized carbons (Fsp3) is 0.211. The molecule has 0 unspecified atom stereocenters. The summed E-state index contributed by atoms with van der Waals surface area (Å²) in [6.07, 6.45) is 3.35. The summed E-state index contributed by atoms with van der Waals surface area (Å²) < 4.78 is 10.4. The van der Waals surface area contributed by atoms with E-state index in [1.165, 1.54) is 7.11 Å². The summed E-state index contributed by atoms with van der Waals surface area (Å²) >= 11 is 0. The monoisotopic (exact) mass is 311 g/mol. The van der Waals surface area contributed by atoms with E-state index in [1.54, 1.807) is 37.5 Å². The van der Waals surface area contributed by atoms with Gasteiger partial charge in [0, 0.05) is 25.8 Å². The van der Waals surface area contributed by atoms with Gasteiger partial charge in [-0.2, -0.15) is 0 Å². The Morgan fingerprint density at radius 3 is 2.26 bits per heavy atom. The smallest absolute Gasteiger partial charge is 0.189 e. The third-order valence-corrected chi connectivity index (χ3v) is 3.51. The molecular formula is C19H21NO3. The van der Waals surface area contributed by atoms with Crippen LogP contribution in [0.4, 0.5) is 5.69 Å². The third kappa shape index (κ3) is 4.13. The average Bonchev–Trinajstić information content (AvgIpc) is 2.59. The number of ketones is 1. The maximum absolute atomic E-state index is 12.4. The summed E-state index contributed by atoms with van der Waals surface area (Å²) in [6.45, 7) is 0. The summed E-state index contributed by atoms with van der Waals surface area (Å²) in [5.74, 6) is 1.05. The molecule has 0 atom stereocenters. The van der Waals surface area contributed by atoms with Crippen molar-refractivity contribution in [2.75, 3.05) is 33.2 Å². The second kappa shape index (κ2) is 7.49. The molecule has 0 aliphatic heterocycles. The van der Waals surface area contributed by atoms with Crippen LogP contribution in [-0.4, -0.2) is 34.1 Å². The highest BCUT2D eigenvalue weighted by molar-refractivity contribution is 6.08. The second-order valence-corrected chi connectivity index (χ2v) is 5.25. The van der Waals surface area contributed by atoms with Crippen molar-refractivity contribution in [3.63, 3.8) is 0 Å². The zero-order valence-corrected chi connectivity index (χ0v) is 13.9. The lowest BCUT2D eigenvalue weighted by Crippen LogP contribution is -2.07. The van der Waals surface area contributed by atoms with Crippen molar-refractivity contribution in [2.45, 2.75) is 0 Å². The van der Waals surface area contributed by atoms with Gasteiger partial charge >= 0.3 is 0 Å². The van der Waals surface area contributed by atoms with Crippen LogP contribution in [0, 0.1) is 0 Å². The molecule has 4 heteroatoms. The molecule has 0 fully saturated rings. The summed E-state index contributed by atoms with van der Waals surface area (Å²) in [6, 6.07) is 13.1. The van der Waals surface area contributed by atoms with Crippen LogP contribution in [0.25, 0.3) is 6.08 Å². The van der Waals surface area contributed by atoms with Gasteiger partial charge in [-0.05, 0) is 35.9 Å². The van der Waals surface area contributed by atoms with Gasteiger partial charge in [0.1, 0.15) is 11.5 Å². The number of rotatable bonds is 6. The first-order valence-corrected chi connectivity index (χ1v) is 7.27. The molecule has 2 aromatic rings. The Kier molecular flexibility index (Phi) is 5.41. The van der Waals surface area contributed by atoms with E-state index >= 15 is 0 Å². The molecule has 0 N–H and O–H groups in total. The maximum atomic E-state index is 12.4. The number of methoxy groups -OCH3 is 2. The van der Waals surface area contributed by atoms with Gasteiger partial charge in [-0.1, -0.05) is 18.2 Å². The van der Waals surface area contributed by atoms with E-state index in [0.717, 1.165) is 11.3 Å². The lowest BCUT2D eigenvalue weighted by Gasteiger charge is -2.11. The van der Waals surface area contributed by atoms with Crippen molar-refractivity contribution in [3.05, 3.63) is 59.7 Å². The van der Waals surface area contributed by atoms with Crippen molar-refractivity contribution in [1.82, 2.24) is 0 Å². The number of benzene rings is 2. The predicted octanol–water partition coefficient (Wildman–Crippen LogP) is 3.67. The average molecular weight is 311 g/mol. The minimum Gasteiger partial charge on any atom is -0.497 e. The minimum atomic E-state index is -0.110. The molecule has 2 aromatic carbocycles. The van der Waals surface area contributed by atoms with E-state index in [4.69, 9.17) is 9.47 Å². The summed E-state index contributed by atoms with van der Waals surface area (Å²) in [5, 5.41) is 0. The van der Waals surface area contributed by atoms with Crippen molar-refractivity contribution in [3.8, 4) is 11.5 Å². The molecule has 2 rings (SSSR count). The zero-order chi connectivity index (χ0) is 16.8. The zero-order valence-electron chi connectivity index (χ0n) is 13.9. The van der Waals surface area contributed by atoms with E-state index < -0.39 is 0 Å². The van der Waals surface area contributed by atoms with E-state index in [9.17, 15) is 4.79 Å². The summed E-state index contributed by atoms with van der Waals surface area (Å²) in [4.78, 5) is 14.4. The van der Waals surface area contributed by atoms with Crippen LogP contribution in [0.3, 0.4) is 0 Å². The first kappa shape index (κ1) is 16.6. The molecule has 0 radical (unpaired) electrons. The highest BCUT2D eigenvalue weighted by Crippen LogP contribution is 2.25. The second-order valence-electron chi connectivity index (χ2n) is 5.25. The minimum absolute atomic E-state index is 0.110. The fourth-order valence-electron chi connectivity index (χ4n) is 2.15. The first-order chi connectivity index (χ1) is 11.0. The Hall–Kier alpha value is -2.75. The van der Waals surface area contributed by atoms with Gasteiger partial charge in [-0.25, -0.2) is 0 Å². The highest BCUT2D eigenvalue weighted by Gasteiger charge is 2.10. The topological polar surface area (TPSA) is 38.8 Å². The Bertz CT molecular complexity index is 703. The van der Waals surface area contributed by atoms with E-state index in [1.807, 2.05) is 43.3 Å². The molecule has 0 aliphatic rings. The van der Waals surface area contributed by atoms with Gasteiger partial charge < -0.3 is 14.4 Å². The van der Waals surface area contributed by atoms with Gasteiger partial charge in [0.05, 0.1) is 19.8 Å². The number of carbonyl (C=O) groups is 1. The Balaban J connectivity index is 2.18. The number of allylic oxidation sites excluding steroid dienone is 1. The van der Waals surface area contributed by atoms with Crippen LogP contribution in [-0.2, 0) is 0 Å². The Morgan fingerprint density at radius 1 is 1.00 bits per heavy atom. The molecule has 4 nitrogen and oxygen atoms in total. The van der Waals surface area contributed by atoms with Crippen molar-refractivity contribution in [1.29, 1.82) is 0 Å². The molecule has 0 saturated carbocycles. The first-order valence-electron chi connectivity index (χ1n) is 7.27. The number of nitrogens with zero attached hydrogens (tertiary/aromatic N) is 1. The lowest BCUT2D eigenvalue weighted by molar-refractivity contribution is 0.104. The third-order valence-electron chi connectivity index (χ3n) is 3.51. The summed E-state index contributed by atoms with van der Waals surface area (Å²) in [7, 11) is 7.09. The number of ether oxygens (including phenoxy) is 2. The normalized spacial score (nSPS) is 10.6. The molecule has 0 bridgehead atoms. The fourth-order valence-corrected chi connectivity index (χ4v) is 2.15. The van der Waals surface area contributed by atoms with Gasteiger partial charge in [0.15, 0.2) is 5.78 Å². The van der Waals surface area contributed by atoms with Gasteiger partial charge in [0.2, 0.25) is 0 Å². The number of hydrogen-bond acceptors (Lipinski definition) is 4. The molecule has 23 heavy (non-hydrogen) atoms. The maximum Gasteiger partial charge on any atom is 0.189 e. The molecule has 120 valence electrons. The molecular weight excluding hydrogens is 290 g/mol. The highest BCUT2D eigenvalue weighted by atomic mass is 16.5. The van der Waals surface area contributed by atoms with Crippen LogP contribution in [0.5, 0.6) is 11.5 Å². The Morgan fingerprint density at radius 2 is 1.70 bits per heavy atom. The van der Waals surface area contributed by atoms with Gasteiger partial charge in [0.25, 0.3) is 0 Å². The number of anilines is 1. The predicted molar refractivity (Wildman–Crippen MR) is 93.7 cm³/mol. The molecule has 0 amide bonds. The quantitative estimate of drug-likeness (QED) is 0.603. The summed E-state index contributed by atoms with van der Waals surface area (Å²) in [5.41, 5.74) is 2.59. The Labute approximate surface area is 137 Å². The molecule has 0 spiro atoms. The number of hydrogen-bond donors (Lipinski definition) is 0. The number of carbonyl (C=O) groups excluding carboxylic acids is 1. The lowest BCUT2D eigenvalue weighted by atomic mass is 10.1. The van der Waals surface area contributed by atoms with Gasteiger partial charge in [-0.3, -0.25) is 4.79 Å². The van der Waals surface area contributed by atoms with Gasteiger partial charge in [-0.15, -0.1) is 0 Å². The van der Waals surface area contributed by atoms with E-state index in [-0.39, 0.29) is 5.78 Å². The standard InChI is InChI=1S/C19H21NO3/c1-20(2)15-8-5-14(6-9-15)7-12-18(21)17-11-10-16(22-3)13-19(17)23-4/h5-13H,1-4H3. The van der Waals surface area contributed by atoms with Crippen LogP contribution in [0.1, 0.15) is 15.9 Å². The van der Waals surface area contributed by atoms with Crippen LogP contribution in [0.15, 0.2) is 48.5 Å². The molecule has 0 saturated heterocycles. The van der Waals surface area contributed by atoms with Crippen molar-refractivity contribution < 1.29 is 14.3 Å². The largest absolute Gasteiger partial charge is 0.497 e. The van der Waals surface area contributed by atoms with Crippen LogP contribution in [0.2, 0.25) is 0 Å². The van der Waals surface area contributed by atoms with Crippen LogP contribution < -0.4 is 14.4 Å². The van der Waals surface area contributed by atoms with Crippen LogP contribution >= 0.6 is 0 Å². The van der Waals surface area contributed by atoms with Crippen molar-refractivity contribution in [2.24, 2.45) is 0 Å². The molecule has 0 heterocycles. The molecule has 0 aromatic heterocycles. The van der Waals surface area contributed by atoms with E-state index in [0.29, 0.717) is 17.1 Å². The molecule has 0 aliphatic carbocycles. The SMILES string of the molecule is COc1ccc(C(=O)C=Cc2ccc(N(C)C)cc2)c(OC)c1.